The van der Waals surface area contributed by atoms with E-state index in [1.54, 1.807) is 12.1 Å². The fourth-order valence-corrected chi connectivity index (χ4v) is 2.98. The molecule has 1 N–H and O–H groups in total. The van der Waals surface area contributed by atoms with Gasteiger partial charge in [0.05, 0.1) is 5.56 Å². The van der Waals surface area contributed by atoms with E-state index < -0.39 is 17.4 Å². The lowest BCUT2D eigenvalue weighted by atomic mass is 9.76. The van der Waals surface area contributed by atoms with Gasteiger partial charge in [0.2, 0.25) is 0 Å². The summed E-state index contributed by atoms with van der Waals surface area (Å²) in [5.41, 5.74) is -0.0140. The minimum atomic E-state index is -0.951. The van der Waals surface area contributed by atoms with E-state index in [0.29, 0.717) is 16.7 Å². The van der Waals surface area contributed by atoms with Crippen molar-refractivity contribution in [1.29, 1.82) is 0 Å². The van der Waals surface area contributed by atoms with Gasteiger partial charge in [-0.3, -0.25) is 4.79 Å². The standard InChI is InChI=1S/C14H17BrN2O3/c1-14(2)6-3-7-17(11(14)13(19)20)12(18)9-4-5-10(15)16-8-9/h4-5,8,11H,3,6-7H2,1-2H3,(H,19,20). The monoisotopic (exact) mass is 340 g/mol. The van der Waals surface area contributed by atoms with Crippen molar-refractivity contribution in [2.75, 3.05) is 6.54 Å². The zero-order chi connectivity index (χ0) is 14.9. The Bertz CT molecular complexity index is 528. The molecule has 2 rings (SSSR count). The molecule has 1 amide bonds. The van der Waals surface area contributed by atoms with Crippen molar-refractivity contribution in [3.63, 3.8) is 0 Å². The third-order valence-electron chi connectivity index (χ3n) is 3.74. The van der Waals surface area contributed by atoms with Gasteiger partial charge in [-0.25, -0.2) is 9.78 Å². The average Bonchev–Trinajstić information content (AvgIpc) is 2.36. The van der Waals surface area contributed by atoms with Crippen molar-refractivity contribution in [3.8, 4) is 0 Å². The number of nitrogens with zero attached hydrogens (tertiary/aromatic N) is 2. The number of carbonyl (C=O) groups is 2. The van der Waals surface area contributed by atoms with Crippen LogP contribution in [0.4, 0.5) is 0 Å². The Morgan fingerprint density at radius 1 is 1.45 bits per heavy atom. The minimum absolute atomic E-state index is 0.273. The zero-order valence-electron chi connectivity index (χ0n) is 11.5. The molecule has 0 aromatic carbocycles. The first-order valence-corrected chi connectivity index (χ1v) is 7.27. The van der Waals surface area contributed by atoms with E-state index >= 15 is 0 Å². The first-order valence-electron chi connectivity index (χ1n) is 6.48. The molecule has 0 radical (unpaired) electrons. The van der Waals surface area contributed by atoms with Crippen LogP contribution in [0, 0.1) is 5.41 Å². The molecule has 1 saturated heterocycles. The van der Waals surface area contributed by atoms with Crippen molar-refractivity contribution in [2.24, 2.45) is 5.41 Å². The molecular weight excluding hydrogens is 324 g/mol. The molecule has 2 heterocycles. The Morgan fingerprint density at radius 2 is 2.15 bits per heavy atom. The molecule has 5 nitrogen and oxygen atoms in total. The number of rotatable bonds is 2. The SMILES string of the molecule is CC1(C)CCCN(C(=O)c2ccc(Br)nc2)C1C(=O)O. The van der Waals surface area contributed by atoms with Gasteiger partial charge in [0.15, 0.2) is 0 Å². The van der Waals surface area contributed by atoms with Crippen molar-refractivity contribution in [2.45, 2.75) is 32.7 Å². The molecular formula is C14H17BrN2O3. The number of hydrogen-bond acceptors (Lipinski definition) is 3. The number of carboxylic acid groups (broad SMARTS) is 1. The Balaban J connectivity index is 2.31. The van der Waals surface area contributed by atoms with Crippen molar-refractivity contribution in [1.82, 2.24) is 9.88 Å². The zero-order valence-corrected chi connectivity index (χ0v) is 13.1. The molecule has 0 aliphatic carbocycles. The predicted molar refractivity (Wildman–Crippen MR) is 77.4 cm³/mol. The van der Waals surface area contributed by atoms with Crippen LogP contribution < -0.4 is 0 Å². The Labute approximate surface area is 126 Å². The van der Waals surface area contributed by atoms with Gasteiger partial charge in [0, 0.05) is 12.7 Å². The van der Waals surface area contributed by atoms with Crippen LogP contribution in [0.5, 0.6) is 0 Å². The second-order valence-electron chi connectivity index (χ2n) is 5.70. The normalized spacial score (nSPS) is 21.6. The first kappa shape index (κ1) is 15.0. The summed E-state index contributed by atoms with van der Waals surface area (Å²) in [6.45, 7) is 4.26. The highest BCUT2D eigenvalue weighted by Crippen LogP contribution is 2.36. The second-order valence-corrected chi connectivity index (χ2v) is 6.51. The van der Waals surface area contributed by atoms with Gasteiger partial charge in [-0.2, -0.15) is 0 Å². The Morgan fingerprint density at radius 3 is 2.70 bits per heavy atom. The molecule has 1 unspecified atom stereocenters. The fraction of sp³-hybridized carbons (Fsp3) is 0.500. The van der Waals surface area contributed by atoms with E-state index in [1.807, 2.05) is 13.8 Å². The third-order valence-corrected chi connectivity index (χ3v) is 4.21. The summed E-state index contributed by atoms with van der Waals surface area (Å²) in [5, 5.41) is 9.47. The highest BCUT2D eigenvalue weighted by Gasteiger charge is 2.44. The Kier molecular flexibility index (Phi) is 4.13. The van der Waals surface area contributed by atoms with Gasteiger partial charge in [0.25, 0.3) is 5.91 Å². The molecule has 1 aromatic rings. The van der Waals surface area contributed by atoms with Gasteiger partial charge in [0.1, 0.15) is 10.6 Å². The van der Waals surface area contributed by atoms with E-state index in [2.05, 4.69) is 20.9 Å². The maximum absolute atomic E-state index is 12.5. The van der Waals surface area contributed by atoms with Crippen LogP contribution in [-0.4, -0.2) is 39.5 Å². The molecule has 0 saturated carbocycles. The maximum atomic E-state index is 12.5. The third kappa shape index (κ3) is 2.85. The summed E-state index contributed by atoms with van der Waals surface area (Å²) in [7, 11) is 0. The lowest BCUT2D eigenvalue weighted by Gasteiger charge is -2.43. The summed E-state index contributed by atoms with van der Waals surface area (Å²) in [4.78, 5) is 29.6. The number of likely N-dealkylation sites (tertiary alicyclic amines) is 1. The fourth-order valence-electron chi connectivity index (χ4n) is 2.75. The molecule has 1 fully saturated rings. The molecule has 20 heavy (non-hydrogen) atoms. The molecule has 0 bridgehead atoms. The van der Waals surface area contributed by atoms with Gasteiger partial charge in [-0.15, -0.1) is 0 Å². The topological polar surface area (TPSA) is 70.5 Å². The number of piperidine rings is 1. The van der Waals surface area contributed by atoms with Crippen LogP contribution in [0.1, 0.15) is 37.0 Å². The molecule has 1 aliphatic heterocycles. The van der Waals surface area contributed by atoms with E-state index in [-0.39, 0.29) is 5.91 Å². The molecule has 1 aromatic heterocycles. The van der Waals surface area contributed by atoms with E-state index in [9.17, 15) is 14.7 Å². The smallest absolute Gasteiger partial charge is 0.326 e. The van der Waals surface area contributed by atoms with Crippen LogP contribution in [0.15, 0.2) is 22.9 Å². The maximum Gasteiger partial charge on any atom is 0.326 e. The van der Waals surface area contributed by atoms with Crippen molar-refractivity contribution < 1.29 is 14.7 Å². The molecule has 6 heteroatoms. The number of carboxylic acids is 1. The number of halogens is 1. The highest BCUT2D eigenvalue weighted by atomic mass is 79.9. The summed E-state index contributed by atoms with van der Waals surface area (Å²) >= 11 is 3.21. The molecule has 0 spiro atoms. The van der Waals surface area contributed by atoms with Crippen LogP contribution in [-0.2, 0) is 4.79 Å². The number of hydrogen-bond donors (Lipinski definition) is 1. The van der Waals surface area contributed by atoms with Crippen molar-refractivity contribution in [3.05, 3.63) is 28.5 Å². The molecule has 108 valence electrons. The lowest BCUT2D eigenvalue weighted by molar-refractivity contribution is -0.148. The van der Waals surface area contributed by atoms with Crippen molar-refractivity contribution >= 4 is 27.8 Å². The van der Waals surface area contributed by atoms with Crippen LogP contribution in [0.2, 0.25) is 0 Å². The van der Waals surface area contributed by atoms with Crippen LogP contribution in [0.3, 0.4) is 0 Å². The predicted octanol–water partition coefficient (Wildman–Crippen LogP) is 2.56. The number of amides is 1. The van der Waals surface area contributed by atoms with Gasteiger partial charge < -0.3 is 10.0 Å². The second kappa shape index (κ2) is 5.52. The average molecular weight is 341 g/mol. The molecule has 1 aliphatic rings. The first-order chi connectivity index (χ1) is 9.33. The van der Waals surface area contributed by atoms with Crippen LogP contribution >= 0.6 is 15.9 Å². The highest BCUT2D eigenvalue weighted by molar-refractivity contribution is 9.10. The number of pyridine rings is 1. The largest absolute Gasteiger partial charge is 0.480 e. The lowest BCUT2D eigenvalue weighted by Crippen LogP contribution is -2.56. The quantitative estimate of drug-likeness (QED) is 0.840. The van der Waals surface area contributed by atoms with E-state index in [0.717, 1.165) is 12.8 Å². The number of carbonyl (C=O) groups excluding carboxylic acids is 1. The summed E-state index contributed by atoms with van der Waals surface area (Å²) in [5.74, 6) is -1.22. The van der Waals surface area contributed by atoms with E-state index in [4.69, 9.17) is 0 Å². The van der Waals surface area contributed by atoms with E-state index in [1.165, 1.54) is 11.1 Å². The Hall–Kier alpha value is -1.43. The van der Waals surface area contributed by atoms with Gasteiger partial charge in [-0.1, -0.05) is 13.8 Å². The van der Waals surface area contributed by atoms with Gasteiger partial charge in [-0.05, 0) is 46.3 Å². The molecule has 1 atom stereocenters. The van der Waals surface area contributed by atoms with Gasteiger partial charge >= 0.3 is 5.97 Å². The summed E-state index contributed by atoms with van der Waals surface area (Å²) in [6.07, 6.45) is 3.08. The summed E-state index contributed by atoms with van der Waals surface area (Å²) < 4.78 is 0.641. The number of aromatic nitrogens is 1. The van der Waals surface area contributed by atoms with Crippen LogP contribution in [0.25, 0.3) is 0 Å². The minimum Gasteiger partial charge on any atom is -0.480 e. The summed E-state index contributed by atoms with van der Waals surface area (Å²) in [6, 6.07) is 2.53. The number of aliphatic carboxylic acids is 1.